The Morgan fingerprint density at radius 3 is 2.52 bits per heavy atom. The van der Waals surface area contributed by atoms with Gasteiger partial charge in [0.05, 0.1) is 5.02 Å². The Bertz CT molecular complexity index is 703. The van der Waals surface area contributed by atoms with Gasteiger partial charge >= 0.3 is 0 Å². The minimum Gasteiger partial charge on any atom is -0.479 e. The van der Waals surface area contributed by atoms with Crippen LogP contribution in [0.1, 0.15) is 19.4 Å². The van der Waals surface area contributed by atoms with Crippen molar-refractivity contribution in [2.45, 2.75) is 26.9 Å². The highest BCUT2D eigenvalue weighted by molar-refractivity contribution is 6.35. The van der Waals surface area contributed by atoms with Crippen molar-refractivity contribution in [3.05, 3.63) is 58.1 Å². The summed E-state index contributed by atoms with van der Waals surface area (Å²) in [5.74, 6) is 0.325. The van der Waals surface area contributed by atoms with Gasteiger partial charge in [-0.25, -0.2) is 0 Å². The largest absolute Gasteiger partial charge is 0.479 e. The molecule has 5 heteroatoms. The minimum atomic E-state index is -0.659. The van der Waals surface area contributed by atoms with Crippen molar-refractivity contribution in [2.24, 2.45) is 0 Å². The Balaban J connectivity index is 2.19. The van der Waals surface area contributed by atoms with Gasteiger partial charge in [-0.1, -0.05) is 41.4 Å². The summed E-state index contributed by atoms with van der Waals surface area (Å²) in [7, 11) is 0. The van der Waals surface area contributed by atoms with E-state index in [1.807, 2.05) is 38.1 Å². The van der Waals surface area contributed by atoms with Crippen LogP contribution >= 0.6 is 23.2 Å². The van der Waals surface area contributed by atoms with Crippen molar-refractivity contribution >= 4 is 34.8 Å². The Hall–Kier alpha value is -1.71. The summed E-state index contributed by atoms with van der Waals surface area (Å²) < 4.78 is 5.72. The summed E-state index contributed by atoms with van der Waals surface area (Å²) in [6, 6.07) is 12.7. The third kappa shape index (κ3) is 4.18. The number of carbonyl (C=O) groups is 1. The topological polar surface area (TPSA) is 29.5 Å². The minimum absolute atomic E-state index is 0.118. The number of amides is 1. The zero-order valence-corrected chi connectivity index (χ0v) is 14.9. The Labute approximate surface area is 146 Å². The van der Waals surface area contributed by atoms with Crippen LogP contribution in [0.25, 0.3) is 0 Å². The van der Waals surface area contributed by atoms with E-state index in [1.54, 1.807) is 30.0 Å². The zero-order valence-electron chi connectivity index (χ0n) is 13.3. The highest BCUT2D eigenvalue weighted by Crippen LogP contribution is 2.29. The predicted octanol–water partition coefficient (Wildman–Crippen LogP) is 5.12. The van der Waals surface area contributed by atoms with E-state index in [0.29, 0.717) is 22.3 Å². The molecule has 1 unspecified atom stereocenters. The maximum atomic E-state index is 12.7. The van der Waals surface area contributed by atoms with E-state index in [9.17, 15) is 4.79 Å². The van der Waals surface area contributed by atoms with Gasteiger partial charge in [-0.3, -0.25) is 4.79 Å². The number of likely N-dealkylation sites (N-methyl/N-ethyl adjacent to an activating group) is 1. The van der Waals surface area contributed by atoms with Crippen LogP contribution in [0.2, 0.25) is 10.0 Å². The number of aryl methyl sites for hydroxylation is 1. The smallest absolute Gasteiger partial charge is 0.267 e. The molecule has 1 amide bonds. The summed E-state index contributed by atoms with van der Waals surface area (Å²) in [5.41, 5.74) is 1.93. The van der Waals surface area contributed by atoms with Gasteiger partial charge in [0.1, 0.15) is 5.75 Å². The SMILES string of the molecule is CCN(C(=O)C(C)Oc1ccc(Cl)cc1Cl)c1ccccc1C. The average Bonchev–Trinajstić information content (AvgIpc) is 2.52. The van der Waals surface area contributed by atoms with Crippen molar-refractivity contribution < 1.29 is 9.53 Å². The van der Waals surface area contributed by atoms with Crippen LogP contribution in [0, 0.1) is 6.92 Å². The van der Waals surface area contributed by atoms with E-state index >= 15 is 0 Å². The van der Waals surface area contributed by atoms with Crippen LogP contribution in [0.15, 0.2) is 42.5 Å². The Morgan fingerprint density at radius 1 is 1.22 bits per heavy atom. The van der Waals surface area contributed by atoms with Gasteiger partial charge in [0.25, 0.3) is 5.91 Å². The number of hydrogen-bond acceptors (Lipinski definition) is 2. The second kappa shape index (κ2) is 7.71. The standard InChI is InChI=1S/C18H19Cl2NO2/c1-4-21(16-8-6-5-7-12(16)2)18(22)13(3)23-17-10-9-14(19)11-15(17)20/h5-11,13H,4H2,1-3H3. The number of rotatable bonds is 5. The Morgan fingerprint density at radius 2 is 1.91 bits per heavy atom. The molecule has 0 aliphatic rings. The molecule has 0 bridgehead atoms. The van der Waals surface area contributed by atoms with E-state index in [2.05, 4.69) is 0 Å². The van der Waals surface area contributed by atoms with Gasteiger partial charge < -0.3 is 9.64 Å². The van der Waals surface area contributed by atoms with Gasteiger partial charge in [-0.2, -0.15) is 0 Å². The van der Waals surface area contributed by atoms with Crippen molar-refractivity contribution in [3.63, 3.8) is 0 Å². The first kappa shape index (κ1) is 17.6. The molecular weight excluding hydrogens is 333 g/mol. The number of carbonyl (C=O) groups excluding carboxylic acids is 1. The van der Waals surface area contributed by atoms with Crippen molar-refractivity contribution in [1.29, 1.82) is 0 Å². The molecule has 0 aliphatic carbocycles. The van der Waals surface area contributed by atoms with Gasteiger partial charge in [-0.05, 0) is 50.6 Å². The first-order chi connectivity index (χ1) is 10.9. The Kier molecular flexibility index (Phi) is 5.91. The molecule has 0 aromatic heterocycles. The van der Waals surface area contributed by atoms with Gasteiger partial charge in [0.2, 0.25) is 0 Å². The molecule has 0 radical (unpaired) electrons. The molecule has 23 heavy (non-hydrogen) atoms. The van der Waals surface area contributed by atoms with Crippen LogP contribution in [0.5, 0.6) is 5.75 Å². The summed E-state index contributed by atoms with van der Waals surface area (Å²) in [6.45, 7) is 6.19. The summed E-state index contributed by atoms with van der Waals surface area (Å²) >= 11 is 12.0. The molecule has 2 rings (SSSR count). The first-order valence-electron chi connectivity index (χ1n) is 7.42. The summed E-state index contributed by atoms with van der Waals surface area (Å²) in [5, 5.41) is 0.910. The number of hydrogen-bond donors (Lipinski definition) is 0. The second-order valence-corrected chi connectivity index (χ2v) is 6.05. The van der Waals surface area contributed by atoms with Crippen LogP contribution in [-0.4, -0.2) is 18.6 Å². The lowest BCUT2D eigenvalue weighted by Crippen LogP contribution is -2.40. The molecule has 0 heterocycles. The molecule has 0 N–H and O–H groups in total. The number of benzene rings is 2. The lowest BCUT2D eigenvalue weighted by atomic mass is 10.1. The number of halogens is 2. The fourth-order valence-corrected chi connectivity index (χ4v) is 2.80. The van der Waals surface area contributed by atoms with E-state index in [4.69, 9.17) is 27.9 Å². The molecule has 0 saturated carbocycles. The molecule has 0 saturated heterocycles. The number of nitrogens with zero attached hydrogens (tertiary/aromatic N) is 1. The monoisotopic (exact) mass is 351 g/mol. The average molecular weight is 352 g/mol. The van der Waals surface area contributed by atoms with Crippen molar-refractivity contribution in [1.82, 2.24) is 0 Å². The molecule has 0 aliphatic heterocycles. The van der Waals surface area contributed by atoms with E-state index in [1.165, 1.54) is 0 Å². The molecule has 122 valence electrons. The van der Waals surface area contributed by atoms with Crippen molar-refractivity contribution in [3.8, 4) is 5.75 Å². The van der Waals surface area contributed by atoms with E-state index in [0.717, 1.165) is 11.3 Å². The molecule has 0 spiro atoms. The lowest BCUT2D eigenvalue weighted by molar-refractivity contribution is -0.124. The number of para-hydroxylation sites is 1. The van der Waals surface area contributed by atoms with Crippen LogP contribution in [0.4, 0.5) is 5.69 Å². The maximum absolute atomic E-state index is 12.7. The third-order valence-corrected chi connectivity index (χ3v) is 4.06. The van der Waals surface area contributed by atoms with E-state index < -0.39 is 6.10 Å². The van der Waals surface area contributed by atoms with Gasteiger partial charge in [-0.15, -0.1) is 0 Å². The van der Waals surface area contributed by atoms with Gasteiger partial charge in [0.15, 0.2) is 6.10 Å². The van der Waals surface area contributed by atoms with E-state index in [-0.39, 0.29) is 5.91 Å². The third-order valence-electron chi connectivity index (χ3n) is 3.53. The number of anilines is 1. The first-order valence-corrected chi connectivity index (χ1v) is 8.18. The second-order valence-electron chi connectivity index (χ2n) is 5.20. The molecular formula is C18H19Cl2NO2. The number of ether oxygens (including phenoxy) is 1. The lowest BCUT2D eigenvalue weighted by Gasteiger charge is -2.26. The highest BCUT2D eigenvalue weighted by atomic mass is 35.5. The van der Waals surface area contributed by atoms with Crippen LogP contribution in [0.3, 0.4) is 0 Å². The summed E-state index contributed by atoms with van der Waals surface area (Å²) in [6.07, 6.45) is -0.659. The summed E-state index contributed by atoms with van der Waals surface area (Å²) in [4.78, 5) is 14.5. The molecule has 2 aromatic carbocycles. The molecule has 0 fully saturated rings. The zero-order chi connectivity index (χ0) is 17.0. The normalized spacial score (nSPS) is 11.9. The predicted molar refractivity (Wildman–Crippen MR) is 95.8 cm³/mol. The van der Waals surface area contributed by atoms with Crippen molar-refractivity contribution in [2.75, 3.05) is 11.4 Å². The molecule has 2 aromatic rings. The quantitative estimate of drug-likeness (QED) is 0.747. The molecule has 1 atom stereocenters. The fraction of sp³-hybridized carbons (Fsp3) is 0.278. The maximum Gasteiger partial charge on any atom is 0.267 e. The molecule has 3 nitrogen and oxygen atoms in total. The van der Waals surface area contributed by atoms with Gasteiger partial charge in [0, 0.05) is 17.3 Å². The highest BCUT2D eigenvalue weighted by Gasteiger charge is 2.23. The fourth-order valence-electron chi connectivity index (χ4n) is 2.34. The van der Waals surface area contributed by atoms with Crippen LogP contribution in [-0.2, 0) is 4.79 Å². The van der Waals surface area contributed by atoms with Crippen LogP contribution < -0.4 is 9.64 Å².